The first kappa shape index (κ1) is 26.9. The van der Waals surface area contributed by atoms with E-state index in [1.165, 1.54) is 11.1 Å². The van der Waals surface area contributed by atoms with E-state index in [1.807, 2.05) is 18.2 Å². The zero-order chi connectivity index (χ0) is 26.9. The number of amides is 1. The normalized spacial score (nSPS) is 29.4. The SMILES string of the molecule is COC1C=CCCC[S-](=O)=NC(=O)c2ccc3c(c2)N(CC2CCC21)CC1c2ccc(Cl)cc2CCC1CO3. The molecule has 4 aliphatic rings. The van der Waals surface area contributed by atoms with E-state index in [-0.39, 0.29) is 6.10 Å². The minimum atomic E-state index is -1.55. The molecule has 0 saturated heterocycles. The van der Waals surface area contributed by atoms with Gasteiger partial charge in [0.25, 0.3) is 5.91 Å². The predicted molar refractivity (Wildman–Crippen MR) is 155 cm³/mol. The standard InChI is InChI=1S/C31H36ClN2O4S/c1-37-29-5-3-2-4-14-39(36)33-31(35)21-9-13-30-28(16-21)34(17-22-8-11-26(22)29)18-27-23(19-38-30)7-6-20-15-24(32)10-12-25(20)27/h3,5,9-10,12-13,15-16,22-23,26-27,29H,2,4,6-8,11,14,17-19H2,1H3/q-1. The van der Waals surface area contributed by atoms with E-state index >= 15 is 0 Å². The first-order valence-corrected chi connectivity index (χ1v) is 15.8. The molecule has 6 rings (SSSR count). The highest BCUT2D eigenvalue weighted by molar-refractivity contribution is 7.75. The van der Waals surface area contributed by atoms with Crippen molar-refractivity contribution in [2.45, 2.75) is 50.5 Å². The Morgan fingerprint density at radius 2 is 2.00 bits per heavy atom. The topological polar surface area (TPSA) is 68.2 Å². The van der Waals surface area contributed by atoms with Gasteiger partial charge in [0, 0.05) is 42.6 Å². The molecule has 6 nitrogen and oxygen atoms in total. The fourth-order valence-electron chi connectivity index (χ4n) is 6.80. The summed E-state index contributed by atoms with van der Waals surface area (Å²) in [6.07, 6.45) is 10.2. The third-order valence-corrected chi connectivity index (χ3v) is 10.3. The number of aryl methyl sites for hydroxylation is 1. The quantitative estimate of drug-likeness (QED) is 0.288. The lowest BCUT2D eigenvalue weighted by Crippen LogP contribution is -2.46. The Balaban J connectivity index is 1.42. The van der Waals surface area contributed by atoms with Gasteiger partial charge < -0.3 is 22.9 Å². The number of benzene rings is 2. The molecule has 1 fully saturated rings. The molecule has 0 aromatic heterocycles. The van der Waals surface area contributed by atoms with Crippen LogP contribution in [0.2, 0.25) is 5.02 Å². The molecular weight excluding hydrogens is 532 g/mol. The molecule has 208 valence electrons. The van der Waals surface area contributed by atoms with Crippen molar-refractivity contribution in [3.8, 4) is 5.75 Å². The summed E-state index contributed by atoms with van der Waals surface area (Å²) >= 11 is 6.37. The maximum atomic E-state index is 13.0. The molecule has 2 aromatic carbocycles. The fourth-order valence-corrected chi connectivity index (χ4v) is 7.79. The minimum absolute atomic E-state index is 0.0653. The molecule has 5 atom stereocenters. The number of anilines is 1. The van der Waals surface area contributed by atoms with E-state index in [9.17, 15) is 9.00 Å². The number of carbonyl (C=O) groups is 1. The predicted octanol–water partition coefficient (Wildman–Crippen LogP) is 6.56. The Kier molecular flexibility index (Phi) is 8.01. The molecule has 0 radical (unpaired) electrons. The molecule has 2 aromatic rings. The number of methoxy groups -OCH3 is 1. The second-order valence-electron chi connectivity index (χ2n) is 11.3. The van der Waals surface area contributed by atoms with E-state index in [2.05, 4.69) is 33.5 Å². The van der Waals surface area contributed by atoms with Gasteiger partial charge in [-0.1, -0.05) is 42.0 Å². The first-order chi connectivity index (χ1) is 19.0. The summed E-state index contributed by atoms with van der Waals surface area (Å²) in [4.78, 5) is 15.5. The van der Waals surface area contributed by atoms with E-state index in [0.29, 0.717) is 48.0 Å². The highest BCUT2D eigenvalue weighted by Crippen LogP contribution is 2.45. The number of fused-ring (bicyclic) bond motifs is 5. The lowest BCUT2D eigenvalue weighted by Gasteiger charge is -2.46. The molecule has 0 N–H and O–H groups in total. The summed E-state index contributed by atoms with van der Waals surface area (Å²) in [5, 5.41) is 0.782. The summed E-state index contributed by atoms with van der Waals surface area (Å²) < 4.78 is 29.0. The van der Waals surface area contributed by atoms with Crippen molar-refractivity contribution in [2.24, 2.45) is 22.1 Å². The summed E-state index contributed by atoms with van der Waals surface area (Å²) in [5.41, 5.74) is 4.06. The molecule has 2 aliphatic carbocycles. The smallest absolute Gasteiger partial charge is 0.254 e. The lowest BCUT2D eigenvalue weighted by molar-refractivity contribution is 0.0131. The highest BCUT2D eigenvalue weighted by Gasteiger charge is 2.40. The van der Waals surface area contributed by atoms with Crippen LogP contribution in [0, 0.1) is 17.8 Å². The zero-order valence-electron chi connectivity index (χ0n) is 22.4. The number of allylic oxidation sites excluding steroid dienone is 1. The van der Waals surface area contributed by atoms with E-state index in [1.54, 1.807) is 13.2 Å². The average Bonchev–Trinajstić information content (AvgIpc) is 2.91. The van der Waals surface area contributed by atoms with Gasteiger partial charge >= 0.3 is 0 Å². The van der Waals surface area contributed by atoms with Crippen LogP contribution < -0.4 is 9.64 Å². The molecule has 1 saturated carbocycles. The number of nitrogens with zero attached hydrogens (tertiary/aromatic N) is 2. The molecule has 1 amide bonds. The Bertz CT molecular complexity index is 1350. The lowest BCUT2D eigenvalue weighted by atomic mass is 9.69. The van der Waals surface area contributed by atoms with Gasteiger partial charge in [0.1, 0.15) is 5.75 Å². The summed E-state index contributed by atoms with van der Waals surface area (Å²) in [5.74, 6) is 2.35. The van der Waals surface area contributed by atoms with E-state index < -0.39 is 16.5 Å². The van der Waals surface area contributed by atoms with Gasteiger partial charge in [-0.15, -0.1) is 0 Å². The van der Waals surface area contributed by atoms with E-state index in [4.69, 9.17) is 21.1 Å². The Morgan fingerprint density at radius 3 is 2.82 bits per heavy atom. The molecule has 2 heterocycles. The van der Waals surface area contributed by atoms with Gasteiger partial charge in [-0.25, -0.2) is 0 Å². The van der Waals surface area contributed by atoms with Crippen LogP contribution in [0.4, 0.5) is 5.69 Å². The number of ether oxygens (including phenoxy) is 2. The van der Waals surface area contributed by atoms with E-state index in [0.717, 1.165) is 61.7 Å². The van der Waals surface area contributed by atoms with Crippen molar-refractivity contribution in [2.75, 3.05) is 37.5 Å². The number of hydrogen-bond acceptors (Lipinski definition) is 6. The monoisotopic (exact) mass is 567 g/mol. The van der Waals surface area contributed by atoms with Crippen molar-refractivity contribution in [1.29, 1.82) is 0 Å². The van der Waals surface area contributed by atoms with Crippen molar-refractivity contribution >= 4 is 33.8 Å². The molecule has 2 aliphatic heterocycles. The van der Waals surface area contributed by atoms with Gasteiger partial charge in [0.2, 0.25) is 0 Å². The molecule has 8 heteroatoms. The molecular formula is C31H36ClN2O4S-. The van der Waals surface area contributed by atoms with Gasteiger partial charge in [0.05, 0.1) is 18.4 Å². The maximum Gasteiger partial charge on any atom is 0.254 e. The van der Waals surface area contributed by atoms with Crippen LogP contribution in [0.5, 0.6) is 5.75 Å². The van der Waals surface area contributed by atoms with Crippen LogP contribution >= 0.6 is 11.6 Å². The van der Waals surface area contributed by atoms with Crippen LogP contribution in [-0.4, -0.2) is 44.6 Å². The largest absolute Gasteiger partial charge is 0.491 e. The number of rotatable bonds is 1. The van der Waals surface area contributed by atoms with Crippen LogP contribution in [-0.2, 0) is 26.0 Å². The van der Waals surface area contributed by atoms with Crippen LogP contribution in [0.1, 0.15) is 59.5 Å². The summed E-state index contributed by atoms with van der Waals surface area (Å²) in [7, 11) is 0.244. The Labute approximate surface area is 237 Å². The van der Waals surface area contributed by atoms with Crippen LogP contribution in [0.25, 0.3) is 0 Å². The zero-order valence-corrected chi connectivity index (χ0v) is 24.0. The number of hydrogen-bond donors (Lipinski definition) is 0. The van der Waals surface area contributed by atoms with Crippen LogP contribution in [0.15, 0.2) is 52.9 Å². The number of halogens is 1. The van der Waals surface area contributed by atoms with Gasteiger partial charge in [-0.3, -0.25) is 4.79 Å². The van der Waals surface area contributed by atoms with Gasteiger partial charge in [-0.05, 0) is 85.4 Å². The minimum Gasteiger partial charge on any atom is -0.491 e. The summed E-state index contributed by atoms with van der Waals surface area (Å²) in [6, 6.07) is 11.9. The van der Waals surface area contributed by atoms with Crippen molar-refractivity contribution in [1.82, 2.24) is 0 Å². The Hall–Kier alpha value is -2.35. The first-order valence-electron chi connectivity index (χ1n) is 14.1. The third-order valence-electron chi connectivity index (χ3n) is 9.10. The fraction of sp³-hybridized carbons (Fsp3) is 0.516. The average molecular weight is 568 g/mol. The molecule has 2 bridgehead atoms. The molecule has 0 spiro atoms. The van der Waals surface area contributed by atoms with Crippen LogP contribution in [0.3, 0.4) is 0 Å². The molecule has 39 heavy (non-hydrogen) atoms. The van der Waals surface area contributed by atoms with Crippen molar-refractivity contribution < 1.29 is 18.5 Å². The number of carbonyl (C=O) groups excluding carboxylic acids is 1. The van der Waals surface area contributed by atoms with Gasteiger partial charge in [0.15, 0.2) is 0 Å². The summed E-state index contributed by atoms with van der Waals surface area (Å²) in [6.45, 7) is 2.34. The molecule has 5 unspecified atom stereocenters. The maximum absolute atomic E-state index is 13.0. The van der Waals surface area contributed by atoms with Crippen molar-refractivity contribution in [3.05, 3.63) is 70.3 Å². The second-order valence-corrected chi connectivity index (χ2v) is 13.0. The van der Waals surface area contributed by atoms with Crippen molar-refractivity contribution in [3.63, 3.8) is 0 Å². The van der Waals surface area contributed by atoms with Gasteiger partial charge in [-0.2, -0.15) is 10.6 Å². The second kappa shape index (κ2) is 11.6. The highest BCUT2D eigenvalue weighted by atomic mass is 35.5. The Morgan fingerprint density at radius 1 is 1.10 bits per heavy atom. The third kappa shape index (κ3) is 5.63.